The van der Waals surface area contributed by atoms with Crippen LogP contribution in [0.25, 0.3) is 0 Å². The van der Waals surface area contributed by atoms with Crippen molar-refractivity contribution in [1.82, 2.24) is 10.2 Å². The summed E-state index contributed by atoms with van der Waals surface area (Å²) in [6.45, 7) is 0.735. The molecule has 2 heterocycles. The number of hydrogen-bond acceptors (Lipinski definition) is 5. The Bertz CT molecular complexity index is 1430. The summed E-state index contributed by atoms with van der Waals surface area (Å²) in [6.07, 6.45) is -11.6. The highest BCUT2D eigenvalue weighted by Crippen LogP contribution is 2.51. The number of benzene rings is 2. The normalized spacial score (nSPS) is 18.1. The van der Waals surface area contributed by atoms with Crippen LogP contribution < -0.4 is 9.62 Å². The van der Waals surface area contributed by atoms with Crippen LogP contribution in [0.3, 0.4) is 0 Å². The summed E-state index contributed by atoms with van der Waals surface area (Å²) in [7, 11) is -4.63. The second kappa shape index (κ2) is 11.4. The fourth-order valence-corrected chi connectivity index (χ4v) is 6.84. The van der Waals surface area contributed by atoms with Crippen LogP contribution in [0.15, 0.2) is 47.4 Å². The summed E-state index contributed by atoms with van der Waals surface area (Å²) in [4.78, 5) is 26.2. The first-order chi connectivity index (χ1) is 19.5. The number of carbonyl (C=O) groups excluding carboxylic acids is 2. The van der Waals surface area contributed by atoms with Gasteiger partial charge in [0.25, 0.3) is 15.6 Å². The summed E-state index contributed by atoms with van der Waals surface area (Å²) in [5, 5.41) is 12.3. The number of hydrogen-bond donors (Lipinski definition) is 2. The fourth-order valence-electron chi connectivity index (χ4n) is 5.12. The standard InChI is InChI=1S/C26H26F7N3O5S/c27-18-5-8-20(9-6-18)42(40,41)36-19(14-22(37)34-15-23(38)35-11-1-2-12-35)7-3-16-13-17(4-10-21(16)36)24(39,25(28,29)30)26(31,32)33/h4-6,8-10,13,19,39H,1-3,7,11-12,14-15H2,(H,34,37). The van der Waals surface area contributed by atoms with E-state index in [-0.39, 0.29) is 36.5 Å². The number of nitrogens with zero attached hydrogens (tertiary/aromatic N) is 2. The van der Waals surface area contributed by atoms with Gasteiger partial charge in [0.15, 0.2) is 0 Å². The second-order valence-electron chi connectivity index (χ2n) is 10.1. The molecule has 2 N–H and O–H groups in total. The number of fused-ring (bicyclic) bond motifs is 1. The highest BCUT2D eigenvalue weighted by molar-refractivity contribution is 7.92. The SMILES string of the molecule is O=C(CC1CCc2cc(C(O)(C(F)(F)F)C(F)(F)F)ccc2N1S(=O)(=O)c1ccc(F)cc1)NCC(=O)N1CCCC1. The molecule has 2 aromatic rings. The lowest BCUT2D eigenvalue weighted by molar-refractivity contribution is -0.376. The number of anilines is 1. The molecule has 1 fully saturated rings. The number of sulfonamides is 1. The number of amides is 2. The van der Waals surface area contributed by atoms with E-state index in [1.54, 1.807) is 4.90 Å². The number of likely N-dealkylation sites (tertiary alicyclic amines) is 1. The van der Waals surface area contributed by atoms with E-state index in [1.165, 1.54) is 0 Å². The third-order valence-corrected chi connectivity index (χ3v) is 9.20. The van der Waals surface area contributed by atoms with E-state index in [0.717, 1.165) is 37.1 Å². The van der Waals surface area contributed by atoms with Crippen molar-refractivity contribution in [3.05, 3.63) is 59.4 Å². The van der Waals surface area contributed by atoms with Gasteiger partial charge in [0.2, 0.25) is 11.8 Å². The van der Waals surface area contributed by atoms with Gasteiger partial charge in [-0.2, -0.15) is 26.3 Å². The maximum Gasteiger partial charge on any atom is 0.430 e. The molecule has 0 radical (unpaired) electrons. The van der Waals surface area contributed by atoms with Gasteiger partial charge in [-0.15, -0.1) is 0 Å². The molecule has 42 heavy (non-hydrogen) atoms. The Hall–Kier alpha value is -3.40. The zero-order valence-corrected chi connectivity index (χ0v) is 22.6. The molecule has 2 aliphatic heterocycles. The van der Waals surface area contributed by atoms with Crippen molar-refractivity contribution in [3.8, 4) is 0 Å². The van der Waals surface area contributed by atoms with Gasteiger partial charge in [-0.05, 0) is 61.6 Å². The molecule has 0 bridgehead atoms. The first kappa shape index (κ1) is 31.5. The molecular weight excluding hydrogens is 599 g/mol. The van der Waals surface area contributed by atoms with Crippen LogP contribution >= 0.6 is 0 Å². The predicted octanol–water partition coefficient (Wildman–Crippen LogP) is 3.78. The third-order valence-electron chi connectivity index (χ3n) is 7.32. The maximum absolute atomic E-state index is 13.7. The van der Waals surface area contributed by atoms with E-state index >= 15 is 0 Å². The van der Waals surface area contributed by atoms with Crippen LogP contribution in [-0.4, -0.2) is 68.3 Å². The molecule has 16 heteroatoms. The van der Waals surface area contributed by atoms with Crippen molar-refractivity contribution < 1.29 is 53.8 Å². The monoisotopic (exact) mass is 625 g/mol. The Morgan fingerprint density at radius 1 is 0.952 bits per heavy atom. The summed E-state index contributed by atoms with van der Waals surface area (Å²) in [5.41, 5.74) is -7.36. The van der Waals surface area contributed by atoms with Gasteiger partial charge in [-0.1, -0.05) is 12.1 Å². The van der Waals surface area contributed by atoms with Crippen molar-refractivity contribution in [2.24, 2.45) is 0 Å². The van der Waals surface area contributed by atoms with Gasteiger partial charge in [-0.3, -0.25) is 13.9 Å². The molecule has 0 saturated carbocycles. The van der Waals surface area contributed by atoms with E-state index in [1.807, 2.05) is 0 Å². The van der Waals surface area contributed by atoms with Gasteiger partial charge in [0.1, 0.15) is 5.82 Å². The number of nitrogens with one attached hydrogen (secondary N) is 1. The van der Waals surface area contributed by atoms with E-state index in [2.05, 4.69) is 5.32 Å². The Kier molecular flexibility index (Phi) is 8.53. The molecular formula is C26H26F7N3O5S. The molecule has 1 saturated heterocycles. The number of halogens is 7. The smallest absolute Gasteiger partial charge is 0.369 e. The number of aliphatic hydroxyl groups is 1. The number of aryl methyl sites for hydroxylation is 1. The van der Waals surface area contributed by atoms with Gasteiger partial charge in [-0.25, -0.2) is 12.8 Å². The average Bonchev–Trinajstić information content (AvgIpc) is 3.45. The van der Waals surface area contributed by atoms with Crippen molar-refractivity contribution in [2.75, 3.05) is 23.9 Å². The van der Waals surface area contributed by atoms with Crippen LogP contribution in [-0.2, 0) is 31.6 Å². The molecule has 2 amide bonds. The van der Waals surface area contributed by atoms with Crippen LogP contribution in [0.5, 0.6) is 0 Å². The quantitative estimate of drug-likeness (QED) is 0.456. The second-order valence-corrected chi connectivity index (χ2v) is 11.9. The van der Waals surface area contributed by atoms with E-state index in [0.29, 0.717) is 35.6 Å². The lowest BCUT2D eigenvalue weighted by atomic mass is 9.87. The summed E-state index contributed by atoms with van der Waals surface area (Å²) >= 11 is 0. The first-order valence-corrected chi connectivity index (χ1v) is 14.2. The van der Waals surface area contributed by atoms with Crippen LogP contribution in [0.2, 0.25) is 0 Å². The Labute approximate surface area is 236 Å². The molecule has 0 aromatic heterocycles. The number of alkyl halides is 6. The molecule has 230 valence electrons. The average molecular weight is 626 g/mol. The first-order valence-electron chi connectivity index (χ1n) is 12.8. The molecule has 1 unspecified atom stereocenters. The van der Waals surface area contributed by atoms with Gasteiger partial charge >= 0.3 is 12.4 Å². The van der Waals surface area contributed by atoms with E-state index in [4.69, 9.17) is 0 Å². The van der Waals surface area contributed by atoms with E-state index < -0.39 is 62.6 Å². The number of carbonyl (C=O) groups is 2. The van der Waals surface area contributed by atoms with Crippen molar-refractivity contribution in [3.63, 3.8) is 0 Å². The largest absolute Gasteiger partial charge is 0.430 e. The van der Waals surface area contributed by atoms with E-state index in [9.17, 15) is 53.8 Å². The Balaban J connectivity index is 1.70. The third kappa shape index (κ3) is 5.91. The molecule has 2 aromatic carbocycles. The lowest BCUT2D eigenvalue weighted by Gasteiger charge is -2.39. The van der Waals surface area contributed by atoms with Gasteiger partial charge in [0, 0.05) is 25.1 Å². The van der Waals surface area contributed by atoms with Crippen molar-refractivity contribution >= 4 is 27.5 Å². The molecule has 8 nitrogen and oxygen atoms in total. The Morgan fingerprint density at radius 2 is 1.55 bits per heavy atom. The Morgan fingerprint density at radius 3 is 2.12 bits per heavy atom. The van der Waals surface area contributed by atoms with Crippen LogP contribution in [0.4, 0.5) is 36.4 Å². The molecule has 1 atom stereocenters. The molecule has 0 aliphatic carbocycles. The van der Waals surface area contributed by atoms with Crippen molar-refractivity contribution in [1.29, 1.82) is 0 Å². The summed E-state index contributed by atoms with van der Waals surface area (Å²) in [5.74, 6) is -1.81. The summed E-state index contributed by atoms with van der Waals surface area (Å²) < 4.78 is 123. The maximum atomic E-state index is 13.7. The predicted molar refractivity (Wildman–Crippen MR) is 134 cm³/mol. The minimum atomic E-state index is -6.15. The van der Waals surface area contributed by atoms with Crippen LogP contribution in [0.1, 0.15) is 36.8 Å². The van der Waals surface area contributed by atoms with Gasteiger partial charge < -0.3 is 15.3 Å². The van der Waals surface area contributed by atoms with Crippen molar-refractivity contribution in [2.45, 2.75) is 61.0 Å². The minimum Gasteiger partial charge on any atom is -0.369 e. The molecule has 2 aliphatic rings. The minimum absolute atomic E-state index is 0.208. The summed E-state index contributed by atoms with van der Waals surface area (Å²) in [6, 6.07) is 3.84. The topological polar surface area (TPSA) is 107 Å². The number of rotatable bonds is 7. The molecule has 4 rings (SSSR count). The molecule has 0 spiro atoms. The van der Waals surface area contributed by atoms with Crippen LogP contribution in [0, 0.1) is 5.82 Å². The highest BCUT2D eigenvalue weighted by Gasteiger charge is 2.71. The zero-order valence-electron chi connectivity index (χ0n) is 21.8. The highest BCUT2D eigenvalue weighted by atomic mass is 32.2. The fraction of sp³-hybridized carbons (Fsp3) is 0.462. The lowest BCUT2D eigenvalue weighted by Crippen LogP contribution is -2.54. The van der Waals surface area contributed by atoms with Gasteiger partial charge in [0.05, 0.1) is 23.2 Å². The zero-order chi connectivity index (χ0) is 31.1.